The van der Waals surface area contributed by atoms with E-state index in [1.807, 2.05) is 5.32 Å². The first-order chi connectivity index (χ1) is 30.8. The van der Waals surface area contributed by atoms with Crippen LogP contribution in [0.4, 0.5) is 24.5 Å². The lowest BCUT2D eigenvalue weighted by Crippen LogP contribution is -2.35. The Bertz CT molecular complexity index is 2480. The number of nitrogens with one attached hydrogen (secondary N) is 1. The molecule has 0 radical (unpaired) electrons. The summed E-state index contributed by atoms with van der Waals surface area (Å²) >= 11 is 5.81. The maximum atomic E-state index is 12.7. The number of sulfone groups is 1. The largest absolute Gasteiger partial charge is 0.778 e. The first kappa shape index (κ1) is 59.2. The number of rotatable bonds is 15. The molecule has 3 N–H and O–H groups in total. The van der Waals surface area contributed by atoms with Crippen molar-refractivity contribution >= 4 is 86.6 Å². The predicted molar refractivity (Wildman–Crippen MR) is 230 cm³/mol. The number of benzene rings is 3. The van der Waals surface area contributed by atoms with Crippen LogP contribution in [0.15, 0.2) is 59.5 Å². The number of nitro benzene ring substituents is 2. The number of carbonyl (C=O) groups excluding carboxylic acids is 5. The minimum absolute atomic E-state index is 0.0493. The molecule has 3 aromatic carbocycles. The van der Waals surface area contributed by atoms with Crippen molar-refractivity contribution in [2.24, 2.45) is 5.92 Å². The summed E-state index contributed by atoms with van der Waals surface area (Å²) < 4.78 is 85.7. The molecule has 0 bridgehead atoms. The second-order valence-corrected chi connectivity index (χ2v) is 20.2. The average Bonchev–Trinajstić information content (AvgIpc) is 3.19. The van der Waals surface area contributed by atoms with E-state index in [2.05, 4.69) is 23.5 Å². The fourth-order valence-electron chi connectivity index (χ4n) is 4.95. The SMILES string of the molecule is CCOC(=O)COC(=O)c1cc(Oc2ccc(C(F)(F)F)cc2Cl)ccc1[N+](=O)[O-].CS(=O)(=O)c1ccc(C(=O)C2C(=O)CCCC2=O)c([N+](=O)[O-])c1.C[S+](C)C.O=C(O)CNCP(=O)([O-])O. The smallest absolute Gasteiger partial charge is 0.416 e. The van der Waals surface area contributed by atoms with Gasteiger partial charge in [-0.15, -0.1) is 0 Å². The van der Waals surface area contributed by atoms with Gasteiger partial charge in [0.25, 0.3) is 11.4 Å². The number of nitrogens with zero attached hydrogens (tertiary/aromatic N) is 2. The van der Waals surface area contributed by atoms with Crippen LogP contribution in [-0.2, 0) is 60.1 Å². The Morgan fingerprint density at radius 2 is 1.49 bits per heavy atom. The molecule has 0 amide bonds. The second kappa shape index (κ2) is 26.5. The van der Waals surface area contributed by atoms with Gasteiger partial charge in [-0.1, -0.05) is 11.6 Å². The zero-order valence-corrected chi connectivity index (χ0v) is 39.0. The highest BCUT2D eigenvalue weighted by Crippen LogP contribution is 2.37. The van der Waals surface area contributed by atoms with Crippen LogP contribution in [0.1, 0.15) is 52.5 Å². The average molecular weight is 1030 g/mol. The molecule has 0 aromatic heterocycles. The Balaban J connectivity index is 0.000000532. The van der Waals surface area contributed by atoms with Gasteiger partial charge in [-0.25, -0.2) is 18.0 Å². The van der Waals surface area contributed by atoms with Gasteiger partial charge in [0.2, 0.25) is 0 Å². The van der Waals surface area contributed by atoms with Gasteiger partial charge < -0.3 is 33.7 Å². The summed E-state index contributed by atoms with van der Waals surface area (Å²) in [7, 11) is -7.40. The molecule has 67 heavy (non-hydrogen) atoms. The Morgan fingerprint density at radius 1 is 0.925 bits per heavy atom. The quantitative estimate of drug-likeness (QED) is 0.0357. The number of ether oxygens (including phenoxy) is 3. The molecular formula is C38H42ClF3N3O19PS2. The van der Waals surface area contributed by atoms with Gasteiger partial charge in [-0.2, -0.15) is 13.2 Å². The Labute approximate surface area is 386 Å². The van der Waals surface area contributed by atoms with Crippen molar-refractivity contribution < 1.29 is 93.9 Å². The minimum atomic E-state index is -4.61. The number of halogens is 4. The van der Waals surface area contributed by atoms with Gasteiger partial charge in [-0.3, -0.25) is 44.7 Å². The normalized spacial score (nSPS) is 13.5. The van der Waals surface area contributed by atoms with Crippen LogP contribution >= 0.6 is 19.2 Å². The van der Waals surface area contributed by atoms with Crippen molar-refractivity contribution in [1.29, 1.82) is 0 Å². The first-order valence-corrected chi connectivity index (χ1v) is 25.0. The van der Waals surface area contributed by atoms with E-state index < -0.39 is 122 Å². The van der Waals surface area contributed by atoms with E-state index in [4.69, 9.17) is 31.1 Å². The minimum Gasteiger partial charge on any atom is -0.778 e. The highest BCUT2D eigenvalue weighted by molar-refractivity contribution is 7.94. The van der Waals surface area contributed by atoms with Crippen molar-refractivity contribution in [2.45, 2.75) is 37.3 Å². The third-order valence-electron chi connectivity index (χ3n) is 7.70. The van der Waals surface area contributed by atoms with Gasteiger partial charge in [0.1, 0.15) is 30.6 Å². The number of hydrogen-bond acceptors (Lipinski definition) is 18. The van der Waals surface area contributed by atoms with E-state index in [-0.39, 0.29) is 40.9 Å². The lowest BCUT2D eigenvalue weighted by molar-refractivity contribution is -0.385. The fourth-order valence-corrected chi connectivity index (χ4v) is 6.21. The molecule has 1 saturated carbocycles. The van der Waals surface area contributed by atoms with Gasteiger partial charge in [0, 0.05) is 37.3 Å². The van der Waals surface area contributed by atoms with Crippen molar-refractivity contribution in [3.63, 3.8) is 0 Å². The summed E-state index contributed by atoms with van der Waals surface area (Å²) in [5.41, 5.74) is -3.33. The first-order valence-electron chi connectivity index (χ1n) is 18.5. The van der Waals surface area contributed by atoms with Crippen molar-refractivity contribution in [2.75, 3.05) is 51.1 Å². The molecule has 29 heteroatoms. The second-order valence-electron chi connectivity index (χ2n) is 13.7. The molecular weight excluding hydrogens is 990 g/mol. The summed E-state index contributed by atoms with van der Waals surface area (Å²) in [4.78, 5) is 107. The van der Waals surface area contributed by atoms with Gasteiger partial charge in [-0.05, 0) is 60.6 Å². The summed E-state index contributed by atoms with van der Waals surface area (Å²) in [6.45, 7) is 0.345. The van der Waals surface area contributed by atoms with Crippen LogP contribution in [0.2, 0.25) is 5.02 Å². The van der Waals surface area contributed by atoms with Crippen LogP contribution < -0.4 is 14.9 Å². The Morgan fingerprint density at radius 3 is 1.96 bits per heavy atom. The maximum Gasteiger partial charge on any atom is 0.416 e. The maximum absolute atomic E-state index is 12.7. The number of carbonyl (C=O) groups is 6. The van der Waals surface area contributed by atoms with E-state index in [1.54, 1.807) is 0 Å². The molecule has 368 valence electrons. The molecule has 1 fully saturated rings. The fraction of sp³-hybridized carbons (Fsp3) is 0.368. The summed E-state index contributed by atoms with van der Waals surface area (Å²) in [6, 6.07) is 8.14. The topological polar surface area (TPSA) is 343 Å². The highest BCUT2D eigenvalue weighted by Gasteiger charge is 2.39. The Kier molecular flexibility index (Phi) is 23.4. The molecule has 4 rings (SSSR count). The summed E-state index contributed by atoms with van der Waals surface area (Å²) in [5, 5.41) is 31.9. The predicted octanol–water partition coefficient (Wildman–Crippen LogP) is 4.56. The van der Waals surface area contributed by atoms with E-state index in [9.17, 15) is 80.0 Å². The van der Waals surface area contributed by atoms with Gasteiger partial charge >= 0.3 is 24.1 Å². The molecule has 1 atom stereocenters. The monoisotopic (exact) mass is 1030 g/mol. The van der Waals surface area contributed by atoms with E-state index >= 15 is 0 Å². The molecule has 1 aliphatic carbocycles. The molecule has 22 nitrogen and oxygen atoms in total. The van der Waals surface area contributed by atoms with Crippen molar-refractivity contribution in [3.8, 4) is 11.5 Å². The van der Waals surface area contributed by atoms with E-state index in [1.165, 1.54) is 6.92 Å². The summed E-state index contributed by atoms with van der Waals surface area (Å²) in [6.07, 6.45) is 2.64. The number of hydrogen-bond donors (Lipinski definition) is 3. The number of esters is 2. The van der Waals surface area contributed by atoms with Crippen molar-refractivity contribution in [1.82, 2.24) is 5.32 Å². The number of nitro groups is 2. The molecule has 0 aliphatic heterocycles. The zero-order valence-electron chi connectivity index (χ0n) is 35.7. The van der Waals surface area contributed by atoms with Crippen molar-refractivity contribution in [3.05, 3.63) is 96.5 Å². The standard InChI is InChI=1S/C18H13ClF3NO7.C14H13NO7S.C3H8NO5P.C3H9S/c1-2-28-16(24)9-29-17(25)12-8-11(4-5-14(12)23(26)27)30-15-6-3-10(7-13(15)19)18(20,21)22;1-23(21,22)8-5-6-9(10(7-8)15(19)20)14(18)13-11(16)3-2-4-12(13)17;5-3(6)1-4-2-10(7,8)9;1-4(2)3/h3-8H,2,9H2,1H3;5-7,13H,2-4H2,1H3;4H,1-2H2,(H,5,6)(H2,7,8,9);1-3H3/q;;;+1/p-1. The molecule has 3 aromatic rings. The number of carboxylic acid groups (broad SMARTS) is 1. The Hall–Kier alpha value is -5.83. The third kappa shape index (κ3) is 21.1. The number of alkyl halides is 3. The molecule has 0 spiro atoms. The van der Waals surface area contributed by atoms with Crippen LogP contribution in [0.5, 0.6) is 11.5 Å². The van der Waals surface area contributed by atoms with Crippen LogP contribution in [0, 0.1) is 26.1 Å². The number of carboxylic acids is 1. The van der Waals surface area contributed by atoms with E-state index in [0.717, 1.165) is 54.8 Å². The van der Waals surface area contributed by atoms with Gasteiger partial charge in [0.05, 0.1) is 69.1 Å². The van der Waals surface area contributed by atoms with Crippen LogP contribution in [0.3, 0.4) is 0 Å². The molecule has 0 saturated heterocycles. The zero-order chi connectivity index (χ0) is 51.6. The van der Waals surface area contributed by atoms with Crippen LogP contribution in [-0.4, -0.2) is 115 Å². The highest BCUT2D eigenvalue weighted by atomic mass is 35.5. The lowest BCUT2D eigenvalue weighted by Gasteiger charge is -2.18. The molecule has 1 unspecified atom stereocenters. The lowest BCUT2D eigenvalue weighted by atomic mass is 9.81. The third-order valence-corrected chi connectivity index (χ3v) is 9.73. The number of aliphatic carboxylic acids is 1. The van der Waals surface area contributed by atoms with Crippen LogP contribution in [0.25, 0.3) is 0 Å². The molecule has 1 aliphatic rings. The molecule has 0 heterocycles. The van der Waals surface area contributed by atoms with Gasteiger partial charge in [0.15, 0.2) is 33.8 Å². The number of ketones is 3. The number of Topliss-reactive ketones (excluding diaryl/α,β-unsaturated/α-hetero) is 3. The summed E-state index contributed by atoms with van der Waals surface area (Å²) in [5.74, 6) is -7.14. The van der Waals surface area contributed by atoms with E-state index in [0.29, 0.717) is 23.4 Å².